The molecule has 0 radical (unpaired) electrons. The Morgan fingerprint density at radius 3 is 2.63 bits per heavy atom. The summed E-state index contributed by atoms with van der Waals surface area (Å²) < 4.78 is 0. The number of rotatable bonds is 3. The zero-order chi connectivity index (χ0) is 13.6. The van der Waals surface area contributed by atoms with Crippen molar-refractivity contribution in [3.8, 4) is 5.75 Å². The Morgan fingerprint density at radius 2 is 2.05 bits per heavy atom. The second-order valence-corrected chi connectivity index (χ2v) is 6.02. The Hall–Kier alpha value is -1.06. The van der Waals surface area contributed by atoms with Crippen LogP contribution >= 0.6 is 0 Å². The maximum Gasteiger partial charge on any atom is 0.120 e. The Kier molecular flexibility index (Phi) is 3.27. The molecule has 1 saturated heterocycles. The molecule has 0 amide bonds. The molecule has 2 N–H and O–H groups in total. The summed E-state index contributed by atoms with van der Waals surface area (Å²) in [6, 6.07) is 4.94. The highest BCUT2D eigenvalue weighted by atomic mass is 16.3. The molecule has 3 heteroatoms. The predicted octanol–water partition coefficient (Wildman–Crippen LogP) is 2.54. The molecule has 1 fully saturated rings. The molecule has 2 atom stereocenters. The van der Waals surface area contributed by atoms with Crippen LogP contribution in [0.2, 0.25) is 0 Å². The number of phenols is 1. The van der Waals surface area contributed by atoms with Gasteiger partial charge in [-0.15, -0.1) is 0 Å². The number of phenolic OH excluding ortho intramolecular Hbond substituents is 1. The highest BCUT2D eigenvalue weighted by Gasteiger charge is 2.38. The molecule has 1 aromatic carbocycles. The van der Waals surface area contributed by atoms with Gasteiger partial charge in [-0.3, -0.25) is 4.90 Å². The predicted molar refractivity (Wildman–Crippen MR) is 77.7 cm³/mol. The number of hydrogen-bond donors (Lipinski definition) is 2. The quantitative estimate of drug-likeness (QED) is 0.876. The molecule has 0 spiro atoms. The molecule has 3 rings (SSSR count). The zero-order valence-corrected chi connectivity index (χ0v) is 12.1. The van der Waals surface area contributed by atoms with Crippen molar-refractivity contribution in [3.05, 3.63) is 28.8 Å². The number of fused-ring (bicyclic) bond motifs is 1. The Morgan fingerprint density at radius 1 is 1.32 bits per heavy atom. The van der Waals surface area contributed by atoms with Crippen LogP contribution in [0.25, 0.3) is 0 Å². The van der Waals surface area contributed by atoms with E-state index in [1.165, 1.54) is 16.7 Å². The summed E-state index contributed by atoms with van der Waals surface area (Å²) in [4.78, 5) is 2.57. The van der Waals surface area contributed by atoms with Gasteiger partial charge in [-0.2, -0.15) is 0 Å². The van der Waals surface area contributed by atoms with Crippen LogP contribution in [-0.4, -0.2) is 35.7 Å². The molecule has 0 bridgehead atoms. The topological polar surface area (TPSA) is 35.5 Å². The highest BCUT2D eigenvalue weighted by molar-refractivity contribution is 5.51. The van der Waals surface area contributed by atoms with Crippen LogP contribution in [0.4, 0.5) is 0 Å². The summed E-state index contributed by atoms with van der Waals surface area (Å²) in [5.41, 5.74) is 3.91. The molecule has 2 unspecified atom stereocenters. The first kappa shape index (κ1) is 12.9. The Bertz CT molecular complexity index is 482. The summed E-state index contributed by atoms with van der Waals surface area (Å²) >= 11 is 0. The first-order valence-corrected chi connectivity index (χ1v) is 7.42. The van der Waals surface area contributed by atoms with Crippen molar-refractivity contribution in [3.63, 3.8) is 0 Å². The third-order valence-corrected chi connectivity index (χ3v) is 4.88. The second-order valence-electron chi connectivity index (χ2n) is 6.02. The van der Waals surface area contributed by atoms with Crippen molar-refractivity contribution in [2.45, 2.75) is 45.2 Å². The molecular weight excluding hydrogens is 236 g/mol. The molecule has 2 aliphatic rings. The van der Waals surface area contributed by atoms with Crippen LogP contribution in [0.5, 0.6) is 5.75 Å². The molecule has 19 heavy (non-hydrogen) atoms. The van der Waals surface area contributed by atoms with Crippen LogP contribution < -0.4 is 5.32 Å². The summed E-state index contributed by atoms with van der Waals surface area (Å²) in [5.74, 6) is 1.04. The summed E-state index contributed by atoms with van der Waals surface area (Å²) in [7, 11) is 0. The normalized spacial score (nSPS) is 26.5. The van der Waals surface area contributed by atoms with E-state index in [0.717, 1.165) is 26.1 Å². The number of aromatic hydroxyl groups is 1. The minimum absolute atomic E-state index is 0.391. The fraction of sp³-hybridized carbons (Fsp3) is 0.625. The van der Waals surface area contributed by atoms with E-state index in [4.69, 9.17) is 0 Å². The van der Waals surface area contributed by atoms with Crippen molar-refractivity contribution in [1.29, 1.82) is 0 Å². The number of aryl methyl sites for hydroxylation is 1. The summed E-state index contributed by atoms with van der Waals surface area (Å²) in [5, 5.41) is 13.7. The number of nitrogens with zero attached hydrogens (tertiary/aromatic N) is 1. The fourth-order valence-electron chi connectivity index (χ4n) is 3.85. The molecule has 1 aliphatic carbocycles. The standard InChI is InChI=1S/C16H24N2O/c1-4-18(12-8-17-9-12)13-7-11(3)15-10(2)5-6-14(19)16(13)15/h5-6,11-13,17,19H,4,7-9H2,1-3H3. The molecule has 3 nitrogen and oxygen atoms in total. The van der Waals surface area contributed by atoms with Crippen molar-refractivity contribution in [2.24, 2.45) is 0 Å². The highest BCUT2D eigenvalue weighted by Crippen LogP contribution is 2.49. The molecule has 0 saturated carbocycles. The number of nitrogens with one attached hydrogen (secondary N) is 1. The van der Waals surface area contributed by atoms with Crippen molar-refractivity contribution in [1.82, 2.24) is 10.2 Å². The van der Waals surface area contributed by atoms with Gasteiger partial charge < -0.3 is 10.4 Å². The van der Waals surface area contributed by atoms with Crippen molar-refractivity contribution >= 4 is 0 Å². The third kappa shape index (κ3) is 1.96. The van der Waals surface area contributed by atoms with Crippen LogP contribution in [0.1, 0.15) is 48.9 Å². The van der Waals surface area contributed by atoms with Gasteiger partial charge in [-0.25, -0.2) is 0 Å². The van der Waals surface area contributed by atoms with Crippen LogP contribution in [0, 0.1) is 6.92 Å². The van der Waals surface area contributed by atoms with Crippen molar-refractivity contribution < 1.29 is 5.11 Å². The van der Waals surface area contributed by atoms with Gasteiger partial charge in [0.25, 0.3) is 0 Å². The minimum Gasteiger partial charge on any atom is -0.508 e. The number of hydrogen-bond acceptors (Lipinski definition) is 3. The zero-order valence-electron chi connectivity index (χ0n) is 12.1. The van der Waals surface area contributed by atoms with Crippen molar-refractivity contribution in [2.75, 3.05) is 19.6 Å². The molecule has 1 heterocycles. The summed E-state index contributed by atoms with van der Waals surface area (Å²) in [6.45, 7) is 9.90. The van der Waals surface area contributed by atoms with Gasteiger partial charge in [0.05, 0.1) is 0 Å². The van der Waals surface area contributed by atoms with E-state index < -0.39 is 0 Å². The van der Waals surface area contributed by atoms with E-state index in [9.17, 15) is 5.11 Å². The average Bonchev–Trinajstić information content (AvgIpc) is 2.67. The lowest BCUT2D eigenvalue weighted by Gasteiger charge is -2.41. The maximum absolute atomic E-state index is 10.3. The molecular formula is C16H24N2O. The number of likely N-dealkylation sites (N-methyl/N-ethyl adjacent to an activating group) is 1. The SMILES string of the molecule is CCN(C1CNC1)C1CC(C)c2c(C)ccc(O)c21. The van der Waals surface area contributed by atoms with Gasteiger partial charge in [0.15, 0.2) is 0 Å². The molecule has 1 aromatic rings. The largest absolute Gasteiger partial charge is 0.508 e. The molecule has 1 aliphatic heterocycles. The number of benzene rings is 1. The van der Waals surface area contributed by atoms with Gasteiger partial charge in [-0.05, 0) is 43.0 Å². The van der Waals surface area contributed by atoms with Crippen LogP contribution in [0.15, 0.2) is 12.1 Å². The van der Waals surface area contributed by atoms with E-state index >= 15 is 0 Å². The minimum atomic E-state index is 0.391. The van der Waals surface area contributed by atoms with Gasteiger partial charge in [0.2, 0.25) is 0 Å². The monoisotopic (exact) mass is 260 g/mol. The smallest absolute Gasteiger partial charge is 0.120 e. The van der Waals surface area contributed by atoms with Gasteiger partial charge in [0.1, 0.15) is 5.75 Å². The van der Waals surface area contributed by atoms with Gasteiger partial charge in [0, 0.05) is 30.7 Å². The fourth-order valence-corrected chi connectivity index (χ4v) is 3.85. The van der Waals surface area contributed by atoms with E-state index in [0.29, 0.717) is 23.8 Å². The second kappa shape index (κ2) is 4.80. The average molecular weight is 260 g/mol. The summed E-state index contributed by atoms with van der Waals surface area (Å²) in [6.07, 6.45) is 1.14. The third-order valence-electron chi connectivity index (χ3n) is 4.88. The first-order chi connectivity index (χ1) is 9.13. The van der Waals surface area contributed by atoms with Gasteiger partial charge in [-0.1, -0.05) is 19.9 Å². The molecule has 104 valence electrons. The van der Waals surface area contributed by atoms with Crippen LogP contribution in [0.3, 0.4) is 0 Å². The van der Waals surface area contributed by atoms with Gasteiger partial charge >= 0.3 is 0 Å². The van der Waals surface area contributed by atoms with E-state index in [-0.39, 0.29) is 0 Å². The lowest BCUT2D eigenvalue weighted by Crippen LogP contribution is -2.57. The maximum atomic E-state index is 10.3. The van der Waals surface area contributed by atoms with E-state index in [1.54, 1.807) is 0 Å². The Labute approximate surface area is 115 Å². The first-order valence-electron chi connectivity index (χ1n) is 7.42. The van der Waals surface area contributed by atoms with E-state index in [1.807, 2.05) is 12.1 Å². The Balaban J connectivity index is 2.00. The molecule has 0 aromatic heterocycles. The lowest BCUT2D eigenvalue weighted by atomic mass is 9.97. The van der Waals surface area contributed by atoms with Crippen LogP contribution in [-0.2, 0) is 0 Å². The van der Waals surface area contributed by atoms with E-state index in [2.05, 4.69) is 31.0 Å². The lowest BCUT2D eigenvalue weighted by molar-refractivity contribution is 0.0977.